The summed E-state index contributed by atoms with van der Waals surface area (Å²) >= 11 is 1.36. The second-order valence-corrected chi connectivity index (χ2v) is 6.95. The number of hydrogen-bond acceptors (Lipinski definition) is 4. The maximum Gasteiger partial charge on any atom is 0.258 e. The molecule has 0 unspecified atom stereocenters. The van der Waals surface area contributed by atoms with E-state index in [0.29, 0.717) is 17.0 Å². The summed E-state index contributed by atoms with van der Waals surface area (Å²) < 4.78 is 18.9. The van der Waals surface area contributed by atoms with Crippen molar-refractivity contribution in [2.24, 2.45) is 0 Å². The number of methoxy groups -OCH3 is 1. The minimum absolute atomic E-state index is 0.0197. The molecule has 0 aliphatic rings. The van der Waals surface area contributed by atoms with E-state index in [2.05, 4.69) is 5.32 Å². The number of rotatable bonds is 7. The number of halogens is 1. The number of anilines is 1. The van der Waals surface area contributed by atoms with Gasteiger partial charge in [0.25, 0.3) is 5.91 Å². The van der Waals surface area contributed by atoms with E-state index in [-0.39, 0.29) is 17.1 Å². The first-order chi connectivity index (χ1) is 13.6. The van der Waals surface area contributed by atoms with Crippen molar-refractivity contribution in [2.45, 2.75) is 4.90 Å². The SMILES string of the molecule is COc1cccc(C(=O)CSc2cccc(NC(=O)c3ccccc3F)c2)c1. The van der Waals surface area contributed by atoms with Gasteiger partial charge in [-0.15, -0.1) is 11.8 Å². The number of ether oxygens (including phenoxy) is 1. The molecule has 3 rings (SSSR count). The highest BCUT2D eigenvalue weighted by Gasteiger charge is 2.12. The molecular formula is C22H18FNO3S. The van der Waals surface area contributed by atoms with Crippen molar-refractivity contribution in [1.29, 1.82) is 0 Å². The second kappa shape index (κ2) is 9.19. The van der Waals surface area contributed by atoms with Crippen molar-refractivity contribution in [2.75, 3.05) is 18.2 Å². The van der Waals surface area contributed by atoms with Gasteiger partial charge in [-0.1, -0.05) is 30.3 Å². The molecule has 0 aliphatic carbocycles. The second-order valence-electron chi connectivity index (χ2n) is 5.91. The van der Waals surface area contributed by atoms with Crippen molar-refractivity contribution < 1.29 is 18.7 Å². The van der Waals surface area contributed by atoms with E-state index in [9.17, 15) is 14.0 Å². The Hall–Kier alpha value is -3.12. The van der Waals surface area contributed by atoms with Gasteiger partial charge in [-0.05, 0) is 42.5 Å². The highest BCUT2D eigenvalue weighted by Crippen LogP contribution is 2.24. The molecule has 28 heavy (non-hydrogen) atoms. The molecule has 0 fully saturated rings. The van der Waals surface area contributed by atoms with Gasteiger partial charge >= 0.3 is 0 Å². The van der Waals surface area contributed by atoms with E-state index in [1.54, 1.807) is 55.6 Å². The number of ketones is 1. The molecule has 4 nitrogen and oxygen atoms in total. The Kier molecular flexibility index (Phi) is 6.45. The zero-order valence-corrected chi connectivity index (χ0v) is 16.0. The highest BCUT2D eigenvalue weighted by molar-refractivity contribution is 8.00. The van der Waals surface area contributed by atoms with E-state index in [1.165, 1.54) is 30.0 Å². The average molecular weight is 395 g/mol. The Morgan fingerprint density at radius 3 is 2.57 bits per heavy atom. The molecule has 0 saturated carbocycles. The first kappa shape index (κ1) is 19.6. The quantitative estimate of drug-likeness (QED) is 0.449. The van der Waals surface area contributed by atoms with Gasteiger partial charge in [0, 0.05) is 16.1 Å². The van der Waals surface area contributed by atoms with Crippen LogP contribution in [-0.4, -0.2) is 24.6 Å². The number of benzene rings is 3. The molecule has 0 spiro atoms. The number of carbonyl (C=O) groups excluding carboxylic acids is 2. The highest BCUT2D eigenvalue weighted by atomic mass is 32.2. The van der Waals surface area contributed by atoms with Gasteiger partial charge < -0.3 is 10.1 Å². The molecule has 0 heterocycles. The molecule has 6 heteroatoms. The van der Waals surface area contributed by atoms with E-state index in [0.717, 1.165) is 4.90 Å². The first-order valence-corrected chi connectivity index (χ1v) is 9.51. The van der Waals surface area contributed by atoms with Crippen LogP contribution in [0.5, 0.6) is 5.75 Å². The lowest BCUT2D eigenvalue weighted by Gasteiger charge is -2.08. The molecule has 0 aliphatic heterocycles. The summed E-state index contributed by atoms with van der Waals surface area (Å²) in [5.41, 5.74) is 1.09. The molecule has 0 saturated heterocycles. The van der Waals surface area contributed by atoms with Crippen LogP contribution in [0.1, 0.15) is 20.7 Å². The predicted molar refractivity (Wildman–Crippen MR) is 109 cm³/mol. The predicted octanol–water partition coefficient (Wildman–Crippen LogP) is 5.06. The van der Waals surface area contributed by atoms with Crippen molar-refractivity contribution in [3.63, 3.8) is 0 Å². The van der Waals surface area contributed by atoms with Crippen LogP contribution in [0.15, 0.2) is 77.7 Å². The van der Waals surface area contributed by atoms with Gasteiger partial charge in [0.05, 0.1) is 18.4 Å². The van der Waals surface area contributed by atoms with Crippen molar-refractivity contribution in [3.05, 3.63) is 89.7 Å². The van der Waals surface area contributed by atoms with Crippen LogP contribution in [0.4, 0.5) is 10.1 Å². The summed E-state index contributed by atoms with van der Waals surface area (Å²) in [7, 11) is 1.56. The Bertz CT molecular complexity index is 1010. The van der Waals surface area contributed by atoms with E-state index in [4.69, 9.17) is 4.74 Å². The number of Topliss-reactive ketones (excluding diaryl/α,β-unsaturated/α-hetero) is 1. The van der Waals surface area contributed by atoms with Crippen LogP contribution >= 0.6 is 11.8 Å². The van der Waals surface area contributed by atoms with Gasteiger partial charge in [-0.3, -0.25) is 9.59 Å². The van der Waals surface area contributed by atoms with Crippen LogP contribution in [0.25, 0.3) is 0 Å². The van der Waals surface area contributed by atoms with Crippen LogP contribution in [0.3, 0.4) is 0 Å². The number of carbonyl (C=O) groups is 2. The number of hydrogen-bond donors (Lipinski definition) is 1. The summed E-state index contributed by atoms with van der Waals surface area (Å²) in [5.74, 6) is -0.238. The lowest BCUT2D eigenvalue weighted by molar-refractivity contribution is 0.101. The molecule has 0 radical (unpaired) electrons. The summed E-state index contributed by atoms with van der Waals surface area (Å²) in [6.07, 6.45) is 0. The largest absolute Gasteiger partial charge is 0.497 e. The molecule has 142 valence electrons. The van der Waals surface area contributed by atoms with Gasteiger partial charge in [0.2, 0.25) is 0 Å². The fraction of sp³-hybridized carbons (Fsp3) is 0.0909. The Balaban J connectivity index is 1.64. The molecule has 1 N–H and O–H groups in total. The molecular weight excluding hydrogens is 377 g/mol. The topological polar surface area (TPSA) is 55.4 Å². The van der Waals surface area contributed by atoms with E-state index < -0.39 is 11.7 Å². The third-order valence-corrected chi connectivity index (χ3v) is 4.97. The summed E-state index contributed by atoms with van der Waals surface area (Å²) in [5, 5.41) is 2.68. The van der Waals surface area contributed by atoms with Crippen LogP contribution in [-0.2, 0) is 0 Å². The average Bonchev–Trinajstić information content (AvgIpc) is 2.72. The van der Waals surface area contributed by atoms with E-state index >= 15 is 0 Å². The van der Waals surface area contributed by atoms with Gasteiger partial charge in [0.1, 0.15) is 11.6 Å². The van der Waals surface area contributed by atoms with E-state index in [1.807, 2.05) is 6.07 Å². The Morgan fingerprint density at radius 1 is 1.00 bits per heavy atom. The molecule has 0 atom stereocenters. The van der Waals surface area contributed by atoms with Gasteiger partial charge in [0.15, 0.2) is 5.78 Å². The zero-order valence-electron chi connectivity index (χ0n) is 15.1. The lowest BCUT2D eigenvalue weighted by Crippen LogP contribution is -2.13. The molecule has 3 aromatic carbocycles. The summed E-state index contributed by atoms with van der Waals surface area (Å²) in [6.45, 7) is 0. The Morgan fingerprint density at radius 2 is 1.79 bits per heavy atom. The monoisotopic (exact) mass is 395 g/mol. The van der Waals surface area contributed by atoms with Crippen molar-refractivity contribution in [3.8, 4) is 5.75 Å². The maximum atomic E-state index is 13.7. The normalized spacial score (nSPS) is 10.4. The fourth-order valence-corrected chi connectivity index (χ4v) is 3.39. The number of amides is 1. The molecule has 1 amide bonds. The Labute approximate surface area is 166 Å². The number of thioether (sulfide) groups is 1. The first-order valence-electron chi connectivity index (χ1n) is 8.53. The van der Waals surface area contributed by atoms with Crippen molar-refractivity contribution >= 4 is 29.1 Å². The third-order valence-electron chi connectivity index (χ3n) is 3.97. The van der Waals surface area contributed by atoms with Gasteiger partial charge in [-0.2, -0.15) is 0 Å². The molecule has 0 bridgehead atoms. The standard InChI is InChI=1S/C22H18FNO3S/c1-27-17-8-4-6-15(12-17)21(25)14-28-18-9-5-7-16(13-18)24-22(26)19-10-2-3-11-20(19)23/h2-13H,14H2,1H3,(H,24,26). The third kappa shape index (κ3) is 4.98. The minimum atomic E-state index is -0.575. The summed E-state index contributed by atoms with van der Waals surface area (Å²) in [6, 6.07) is 19.9. The zero-order chi connectivity index (χ0) is 19.9. The smallest absolute Gasteiger partial charge is 0.258 e. The number of nitrogens with one attached hydrogen (secondary N) is 1. The van der Waals surface area contributed by atoms with Crippen LogP contribution in [0.2, 0.25) is 0 Å². The molecule has 3 aromatic rings. The van der Waals surface area contributed by atoms with Crippen molar-refractivity contribution in [1.82, 2.24) is 0 Å². The molecule has 0 aromatic heterocycles. The van der Waals surface area contributed by atoms with Crippen LogP contribution in [0, 0.1) is 5.82 Å². The van der Waals surface area contributed by atoms with Crippen LogP contribution < -0.4 is 10.1 Å². The maximum absolute atomic E-state index is 13.7. The van der Waals surface area contributed by atoms with Gasteiger partial charge in [-0.25, -0.2) is 4.39 Å². The lowest BCUT2D eigenvalue weighted by atomic mass is 10.1. The minimum Gasteiger partial charge on any atom is -0.497 e. The summed E-state index contributed by atoms with van der Waals surface area (Å²) in [4.78, 5) is 25.4. The fourth-order valence-electron chi connectivity index (χ4n) is 2.54.